The molecule has 0 N–H and O–H groups in total. The predicted octanol–water partition coefficient (Wildman–Crippen LogP) is 13.7. The van der Waals surface area contributed by atoms with Gasteiger partial charge >= 0.3 is 0 Å². The van der Waals surface area contributed by atoms with Crippen LogP contribution in [0, 0.1) is 0 Å². The van der Waals surface area contributed by atoms with E-state index in [2.05, 4.69) is 161 Å². The average Bonchev–Trinajstić information content (AvgIpc) is 3.88. The van der Waals surface area contributed by atoms with E-state index < -0.39 is 0 Å². The topological polar surface area (TPSA) is 34.5 Å². The molecule has 0 atom stereocenters. The zero-order valence-electron chi connectivity index (χ0n) is 28.0. The van der Waals surface area contributed by atoms with Crippen LogP contribution in [0.5, 0.6) is 0 Å². The summed E-state index contributed by atoms with van der Waals surface area (Å²) in [5, 5.41) is 6.89. The molecule has 0 amide bonds. The van der Waals surface area contributed by atoms with E-state index in [0.717, 1.165) is 83.3 Å². The molecule has 3 aromatic heterocycles. The summed E-state index contributed by atoms with van der Waals surface area (Å²) in [5.41, 5.74) is 12.3. The Morgan fingerprint density at radius 3 is 1.88 bits per heavy atom. The first kappa shape index (κ1) is 28.8. The summed E-state index contributed by atoms with van der Waals surface area (Å²) < 4.78 is 15.3. The van der Waals surface area contributed by atoms with Crippen molar-refractivity contribution in [1.29, 1.82) is 0 Å². The van der Waals surface area contributed by atoms with Gasteiger partial charge in [0.05, 0.1) is 16.7 Å². The molecule has 0 saturated carbocycles. The molecule has 244 valence electrons. The van der Waals surface area contributed by atoms with Crippen molar-refractivity contribution in [2.24, 2.45) is 0 Å². The van der Waals surface area contributed by atoms with Crippen LogP contribution in [-0.4, -0.2) is 4.57 Å². The second kappa shape index (κ2) is 11.2. The van der Waals surface area contributed by atoms with E-state index >= 15 is 0 Å². The second-order valence-electron chi connectivity index (χ2n) is 13.3. The van der Waals surface area contributed by atoms with E-state index in [9.17, 15) is 0 Å². The maximum absolute atomic E-state index is 6.65. The van der Waals surface area contributed by atoms with Crippen molar-refractivity contribution in [2.45, 2.75) is 0 Å². The Bertz CT molecular complexity index is 3130. The molecule has 0 spiro atoms. The molecular weight excluding hydrogens is 637 g/mol. The first-order chi connectivity index (χ1) is 25.8. The summed E-state index contributed by atoms with van der Waals surface area (Å²) >= 11 is 0. The molecule has 4 heteroatoms. The van der Waals surface area contributed by atoms with E-state index in [0.29, 0.717) is 0 Å². The molecule has 8 aromatic carbocycles. The van der Waals surface area contributed by atoms with Crippen LogP contribution >= 0.6 is 0 Å². The van der Waals surface area contributed by atoms with Crippen LogP contribution in [0.4, 0.5) is 17.1 Å². The molecule has 0 unspecified atom stereocenters. The SMILES string of the molecule is c1ccc(-n2c3ccccc3c3ccc(N(c4ccc(-c5cccc6oc7ccccc7c56)cc4)c4cccc5c4oc4ccccc45)cc32)cc1. The lowest BCUT2D eigenvalue weighted by molar-refractivity contribution is 0.668. The molecule has 52 heavy (non-hydrogen) atoms. The third-order valence-corrected chi connectivity index (χ3v) is 10.4. The van der Waals surface area contributed by atoms with Gasteiger partial charge in [0.2, 0.25) is 0 Å². The van der Waals surface area contributed by atoms with Gasteiger partial charge in [-0.2, -0.15) is 0 Å². The predicted molar refractivity (Wildman–Crippen MR) is 215 cm³/mol. The summed E-state index contributed by atoms with van der Waals surface area (Å²) in [7, 11) is 0. The Labute approximate surface area is 299 Å². The first-order valence-corrected chi connectivity index (χ1v) is 17.6. The van der Waals surface area contributed by atoms with E-state index in [1.54, 1.807) is 0 Å². The number of fused-ring (bicyclic) bond motifs is 9. The minimum Gasteiger partial charge on any atom is -0.456 e. The van der Waals surface area contributed by atoms with Gasteiger partial charge in [-0.1, -0.05) is 115 Å². The number of furan rings is 2. The molecule has 0 aliphatic carbocycles. The van der Waals surface area contributed by atoms with Crippen molar-refractivity contribution in [3.63, 3.8) is 0 Å². The van der Waals surface area contributed by atoms with Crippen molar-refractivity contribution in [1.82, 2.24) is 4.57 Å². The minimum absolute atomic E-state index is 0.853. The maximum atomic E-state index is 6.65. The summed E-state index contributed by atoms with van der Waals surface area (Å²) in [6.45, 7) is 0. The van der Waals surface area contributed by atoms with E-state index in [4.69, 9.17) is 8.83 Å². The molecular formula is C48H30N2O2. The van der Waals surface area contributed by atoms with Crippen LogP contribution in [0.25, 0.3) is 82.5 Å². The van der Waals surface area contributed by atoms with Crippen LogP contribution in [-0.2, 0) is 0 Å². The quantitative estimate of drug-likeness (QED) is 0.183. The van der Waals surface area contributed by atoms with Crippen molar-refractivity contribution >= 4 is 82.7 Å². The van der Waals surface area contributed by atoms with Crippen LogP contribution in [0.3, 0.4) is 0 Å². The minimum atomic E-state index is 0.853. The third kappa shape index (κ3) is 4.28. The molecule has 0 aliphatic heterocycles. The molecule has 0 saturated heterocycles. The highest BCUT2D eigenvalue weighted by Crippen LogP contribution is 2.45. The fourth-order valence-electron chi connectivity index (χ4n) is 8.09. The highest BCUT2D eigenvalue weighted by Gasteiger charge is 2.22. The number of hydrogen-bond acceptors (Lipinski definition) is 3. The Balaban J connectivity index is 1.15. The van der Waals surface area contributed by atoms with Gasteiger partial charge < -0.3 is 18.3 Å². The average molecular weight is 667 g/mol. The monoisotopic (exact) mass is 666 g/mol. The highest BCUT2D eigenvalue weighted by atomic mass is 16.3. The fourth-order valence-corrected chi connectivity index (χ4v) is 8.09. The number of anilines is 3. The number of benzene rings is 8. The van der Waals surface area contributed by atoms with Crippen LogP contribution < -0.4 is 4.90 Å². The van der Waals surface area contributed by atoms with Crippen molar-refractivity contribution in [3.05, 3.63) is 182 Å². The van der Waals surface area contributed by atoms with Crippen LogP contribution in [0.1, 0.15) is 0 Å². The smallest absolute Gasteiger partial charge is 0.159 e. The highest BCUT2D eigenvalue weighted by molar-refractivity contribution is 6.14. The van der Waals surface area contributed by atoms with Gasteiger partial charge in [-0.3, -0.25) is 0 Å². The Kier molecular flexibility index (Phi) is 6.22. The van der Waals surface area contributed by atoms with Crippen molar-refractivity contribution < 1.29 is 8.83 Å². The van der Waals surface area contributed by atoms with Gasteiger partial charge in [-0.15, -0.1) is 0 Å². The number of aromatic nitrogens is 1. The summed E-state index contributed by atoms with van der Waals surface area (Å²) in [6, 6.07) is 64.2. The zero-order chi connectivity index (χ0) is 34.2. The van der Waals surface area contributed by atoms with Gasteiger partial charge in [0, 0.05) is 49.4 Å². The van der Waals surface area contributed by atoms with E-state index in [1.807, 2.05) is 30.3 Å². The number of hydrogen-bond donors (Lipinski definition) is 0. The summed E-state index contributed by atoms with van der Waals surface area (Å²) in [5.74, 6) is 0. The van der Waals surface area contributed by atoms with Crippen molar-refractivity contribution in [2.75, 3.05) is 4.90 Å². The zero-order valence-corrected chi connectivity index (χ0v) is 28.0. The van der Waals surface area contributed by atoms with Gasteiger partial charge in [0.25, 0.3) is 0 Å². The number of para-hydroxylation sites is 5. The molecule has 3 heterocycles. The third-order valence-electron chi connectivity index (χ3n) is 10.4. The standard InChI is InChI=1S/C48H30N2O2/c1-2-12-32(13-3-1)50-41-19-7-4-14-36(41)37-29-28-34(30-43(37)50)49(42-20-10-18-39-38-15-5-8-21-44(38)52-48(39)42)33-26-24-31(25-27-33)35-17-11-23-46-47(35)40-16-6-9-22-45(40)51-46/h1-30H. The van der Waals surface area contributed by atoms with E-state index in [-0.39, 0.29) is 0 Å². The molecule has 0 radical (unpaired) electrons. The molecule has 0 aliphatic rings. The Hall–Kier alpha value is -7.04. The first-order valence-electron chi connectivity index (χ1n) is 17.6. The fraction of sp³-hybridized carbons (Fsp3) is 0. The van der Waals surface area contributed by atoms with E-state index in [1.165, 1.54) is 16.3 Å². The number of nitrogens with zero attached hydrogens (tertiary/aromatic N) is 2. The molecule has 0 bridgehead atoms. The number of rotatable bonds is 5. The van der Waals surface area contributed by atoms with Crippen LogP contribution in [0.2, 0.25) is 0 Å². The lowest BCUT2D eigenvalue weighted by Crippen LogP contribution is -2.10. The molecule has 0 fully saturated rings. The normalized spacial score (nSPS) is 11.8. The van der Waals surface area contributed by atoms with Gasteiger partial charge in [0.15, 0.2) is 5.58 Å². The maximum Gasteiger partial charge on any atom is 0.159 e. The molecule has 11 rings (SSSR count). The second-order valence-corrected chi connectivity index (χ2v) is 13.3. The van der Waals surface area contributed by atoms with Crippen molar-refractivity contribution in [3.8, 4) is 16.8 Å². The largest absolute Gasteiger partial charge is 0.456 e. The Morgan fingerprint density at radius 2 is 1.04 bits per heavy atom. The summed E-state index contributed by atoms with van der Waals surface area (Å²) in [6.07, 6.45) is 0. The lowest BCUT2D eigenvalue weighted by Gasteiger charge is -2.26. The van der Waals surface area contributed by atoms with Gasteiger partial charge in [-0.05, 0) is 77.9 Å². The van der Waals surface area contributed by atoms with Gasteiger partial charge in [0.1, 0.15) is 16.7 Å². The van der Waals surface area contributed by atoms with Crippen LogP contribution in [0.15, 0.2) is 191 Å². The molecule has 4 nitrogen and oxygen atoms in total. The van der Waals surface area contributed by atoms with Gasteiger partial charge in [-0.25, -0.2) is 0 Å². The lowest BCUT2D eigenvalue weighted by atomic mass is 9.99. The molecule has 11 aromatic rings. The summed E-state index contributed by atoms with van der Waals surface area (Å²) in [4.78, 5) is 2.33. The Morgan fingerprint density at radius 1 is 0.404 bits per heavy atom.